The number of carbonyl (C=O) groups is 1. The van der Waals surface area contributed by atoms with Crippen molar-refractivity contribution >= 4 is 27.5 Å². The van der Waals surface area contributed by atoms with Crippen LogP contribution in [0.5, 0.6) is 11.5 Å². The maximum atomic E-state index is 11.9. The molecule has 0 aliphatic heterocycles. The van der Waals surface area contributed by atoms with E-state index in [0.29, 0.717) is 17.2 Å². The van der Waals surface area contributed by atoms with Crippen LogP contribution < -0.4 is 14.8 Å². The van der Waals surface area contributed by atoms with Gasteiger partial charge < -0.3 is 14.8 Å². The van der Waals surface area contributed by atoms with E-state index in [2.05, 4.69) is 21.2 Å². The molecule has 1 aromatic carbocycles. The first-order valence-electron chi connectivity index (χ1n) is 5.66. The van der Waals surface area contributed by atoms with Crippen LogP contribution in [0.15, 0.2) is 18.2 Å². The van der Waals surface area contributed by atoms with E-state index in [1.54, 1.807) is 32.4 Å². The number of nitrogens with one attached hydrogen (secondary N) is 1. The smallest absolute Gasteiger partial charge is 0.238 e. The molecule has 0 spiro atoms. The SMILES string of the molecule is COc1ccc(NC(=O)C(Br)C(C)C)cc1OC. The van der Waals surface area contributed by atoms with Gasteiger partial charge in [-0.05, 0) is 18.1 Å². The molecule has 0 bridgehead atoms. The van der Waals surface area contributed by atoms with Gasteiger partial charge in [0.25, 0.3) is 0 Å². The Balaban J connectivity index is 2.82. The van der Waals surface area contributed by atoms with Crippen LogP contribution in [0.4, 0.5) is 5.69 Å². The van der Waals surface area contributed by atoms with Gasteiger partial charge in [0.1, 0.15) is 0 Å². The van der Waals surface area contributed by atoms with E-state index in [1.807, 2.05) is 13.8 Å². The number of amides is 1. The maximum absolute atomic E-state index is 11.9. The van der Waals surface area contributed by atoms with Crippen molar-refractivity contribution in [1.29, 1.82) is 0 Å². The number of benzene rings is 1. The predicted molar refractivity (Wildman–Crippen MR) is 75.7 cm³/mol. The van der Waals surface area contributed by atoms with Gasteiger partial charge in [-0.1, -0.05) is 29.8 Å². The first-order chi connectivity index (χ1) is 8.49. The Labute approximate surface area is 116 Å². The molecular weight excluding hydrogens is 298 g/mol. The molecule has 0 fully saturated rings. The van der Waals surface area contributed by atoms with Gasteiger partial charge in [-0.3, -0.25) is 4.79 Å². The van der Waals surface area contributed by atoms with Gasteiger partial charge in [0, 0.05) is 11.8 Å². The monoisotopic (exact) mass is 315 g/mol. The molecule has 1 rings (SSSR count). The molecule has 1 amide bonds. The van der Waals surface area contributed by atoms with E-state index >= 15 is 0 Å². The zero-order chi connectivity index (χ0) is 13.7. The summed E-state index contributed by atoms with van der Waals surface area (Å²) in [7, 11) is 3.13. The molecule has 18 heavy (non-hydrogen) atoms. The Morgan fingerprint density at radius 3 is 2.33 bits per heavy atom. The molecule has 1 unspecified atom stereocenters. The summed E-state index contributed by atoms with van der Waals surface area (Å²) < 4.78 is 10.3. The second-order valence-corrected chi connectivity index (χ2v) is 5.19. The van der Waals surface area contributed by atoms with Crippen LogP contribution in [-0.4, -0.2) is 25.0 Å². The van der Waals surface area contributed by atoms with Crippen LogP contribution in [0.2, 0.25) is 0 Å². The average molecular weight is 316 g/mol. The fourth-order valence-corrected chi connectivity index (χ4v) is 1.54. The second kappa shape index (κ2) is 6.64. The standard InChI is InChI=1S/C13H18BrNO3/c1-8(2)12(14)13(16)15-9-5-6-10(17-3)11(7-9)18-4/h5-8,12H,1-4H3,(H,15,16). The van der Waals surface area contributed by atoms with Gasteiger partial charge in [-0.25, -0.2) is 0 Å². The number of anilines is 1. The fourth-order valence-electron chi connectivity index (χ4n) is 1.43. The van der Waals surface area contributed by atoms with Crippen LogP contribution in [-0.2, 0) is 4.79 Å². The summed E-state index contributed by atoms with van der Waals surface area (Å²) in [6.07, 6.45) is 0. The zero-order valence-electron chi connectivity index (χ0n) is 11.0. The summed E-state index contributed by atoms with van der Waals surface area (Å²) in [5, 5.41) is 2.83. The second-order valence-electron chi connectivity index (χ2n) is 4.20. The minimum atomic E-state index is -0.217. The highest BCUT2D eigenvalue weighted by atomic mass is 79.9. The summed E-state index contributed by atoms with van der Waals surface area (Å²) in [5.74, 6) is 1.38. The van der Waals surface area contributed by atoms with Gasteiger partial charge in [0.15, 0.2) is 11.5 Å². The van der Waals surface area contributed by atoms with Gasteiger partial charge in [-0.15, -0.1) is 0 Å². The molecule has 0 saturated carbocycles. The van der Waals surface area contributed by atoms with Crippen molar-refractivity contribution < 1.29 is 14.3 Å². The third kappa shape index (κ3) is 3.63. The molecule has 100 valence electrons. The highest BCUT2D eigenvalue weighted by molar-refractivity contribution is 9.10. The van der Waals surface area contributed by atoms with Crippen molar-refractivity contribution in [2.75, 3.05) is 19.5 Å². The van der Waals surface area contributed by atoms with Gasteiger partial charge in [0.2, 0.25) is 5.91 Å². The van der Waals surface area contributed by atoms with Crippen LogP contribution in [0, 0.1) is 5.92 Å². The molecule has 0 aliphatic carbocycles. The minimum Gasteiger partial charge on any atom is -0.493 e. The summed E-state index contributed by atoms with van der Waals surface area (Å²) in [6.45, 7) is 3.96. The number of halogens is 1. The van der Waals surface area contributed by atoms with Crippen molar-refractivity contribution in [2.24, 2.45) is 5.92 Å². The maximum Gasteiger partial charge on any atom is 0.238 e. The third-order valence-electron chi connectivity index (χ3n) is 2.49. The number of ether oxygens (including phenoxy) is 2. The van der Waals surface area contributed by atoms with Crippen LogP contribution in [0.1, 0.15) is 13.8 Å². The summed E-state index contributed by atoms with van der Waals surface area (Å²) in [5.41, 5.74) is 0.683. The van der Waals surface area contributed by atoms with Crippen LogP contribution >= 0.6 is 15.9 Å². The largest absolute Gasteiger partial charge is 0.493 e. The lowest BCUT2D eigenvalue weighted by Crippen LogP contribution is -2.26. The van der Waals surface area contributed by atoms with E-state index in [0.717, 1.165) is 0 Å². The lowest BCUT2D eigenvalue weighted by atomic mass is 10.1. The van der Waals surface area contributed by atoms with Crippen molar-refractivity contribution in [3.8, 4) is 11.5 Å². The van der Waals surface area contributed by atoms with Crippen molar-refractivity contribution in [3.63, 3.8) is 0 Å². The Hall–Kier alpha value is -1.23. The van der Waals surface area contributed by atoms with Gasteiger partial charge >= 0.3 is 0 Å². The molecule has 0 radical (unpaired) electrons. The van der Waals surface area contributed by atoms with Crippen molar-refractivity contribution in [1.82, 2.24) is 0 Å². The highest BCUT2D eigenvalue weighted by Gasteiger charge is 2.19. The summed E-state index contributed by atoms with van der Waals surface area (Å²) >= 11 is 3.36. The summed E-state index contributed by atoms with van der Waals surface area (Å²) in [6, 6.07) is 5.27. The Kier molecular flexibility index (Phi) is 5.47. The molecule has 0 aliphatic rings. The topological polar surface area (TPSA) is 47.6 Å². The number of rotatable bonds is 5. The van der Waals surface area contributed by atoms with Crippen molar-refractivity contribution in [3.05, 3.63) is 18.2 Å². The molecule has 0 saturated heterocycles. The molecule has 0 heterocycles. The predicted octanol–water partition coefficient (Wildman–Crippen LogP) is 3.06. The first-order valence-corrected chi connectivity index (χ1v) is 6.58. The lowest BCUT2D eigenvalue weighted by Gasteiger charge is -2.15. The van der Waals surface area contributed by atoms with Crippen LogP contribution in [0.25, 0.3) is 0 Å². The molecule has 5 heteroatoms. The number of methoxy groups -OCH3 is 2. The minimum absolute atomic E-state index is 0.0720. The Bertz CT molecular complexity index is 421. The van der Waals surface area contributed by atoms with E-state index in [4.69, 9.17) is 9.47 Å². The molecule has 1 atom stereocenters. The Morgan fingerprint density at radius 1 is 1.22 bits per heavy atom. The van der Waals surface area contributed by atoms with E-state index in [1.165, 1.54) is 0 Å². The third-order valence-corrected chi connectivity index (χ3v) is 3.96. The molecule has 4 nitrogen and oxygen atoms in total. The fraction of sp³-hybridized carbons (Fsp3) is 0.462. The lowest BCUT2D eigenvalue weighted by molar-refractivity contribution is -0.116. The van der Waals surface area contributed by atoms with Gasteiger partial charge in [-0.2, -0.15) is 0 Å². The van der Waals surface area contributed by atoms with E-state index < -0.39 is 0 Å². The number of hydrogen-bond acceptors (Lipinski definition) is 3. The molecule has 0 aromatic heterocycles. The average Bonchev–Trinajstić information content (AvgIpc) is 2.37. The summed E-state index contributed by atoms with van der Waals surface area (Å²) in [4.78, 5) is 11.7. The van der Waals surface area contributed by atoms with E-state index in [-0.39, 0.29) is 16.7 Å². The van der Waals surface area contributed by atoms with Crippen molar-refractivity contribution in [2.45, 2.75) is 18.7 Å². The number of hydrogen-bond donors (Lipinski definition) is 1. The Morgan fingerprint density at radius 2 is 1.83 bits per heavy atom. The molecule has 1 N–H and O–H groups in total. The van der Waals surface area contributed by atoms with Crippen LogP contribution in [0.3, 0.4) is 0 Å². The number of alkyl halides is 1. The first kappa shape index (κ1) is 14.8. The molecule has 1 aromatic rings. The van der Waals surface area contributed by atoms with E-state index in [9.17, 15) is 4.79 Å². The zero-order valence-corrected chi connectivity index (χ0v) is 12.6. The quantitative estimate of drug-likeness (QED) is 0.849. The van der Waals surface area contributed by atoms with Gasteiger partial charge in [0.05, 0.1) is 19.0 Å². The number of carbonyl (C=O) groups excluding carboxylic acids is 1. The highest BCUT2D eigenvalue weighted by Crippen LogP contribution is 2.30. The molecular formula is C13H18BrNO3. The normalized spacial score (nSPS) is 12.1.